The second-order valence-electron chi connectivity index (χ2n) is 7.10. The smallest absolute Gasteiger partial charge is 0.191 e. The molecule has 3 aromatic rings. The summed E-state index contributed by atoms with van der Waals surface area (Å²) < 4.78 is 5.48. The topological polar surface area (TPSA) is 75.3 Å². The number of hydrogen-bond acceptors (Lipinski definition) is 4. The van der Waals surface area contributed by atoms with Crippen molar-refractivity contribution in [3.63, 3.8) is 0 Å². The van der Waals surface area contributed by atoms with Gasteiger partial charge < -0.3 is 15.2 Å². The van der Waals surface area contributed by atoms with Gasteiger partial charge >= 0.3 is 0 Å². The summed E-state index contributed by atoms with van der Waals surface area (Å²) in [7, 11) is 0. The van der Waals surface area contributed by atoms with Crippen molar-refractivity contribution >= 4 is 40.8 Å². The third-order valence-corrected chi connectivity index (χ3v) is 5.12. The van der Waals surface area contributed by atoms with Crippen molar-refractivity contribution in [2.75, 3.05) is 13.1 Å². The van der Waals surface area contributed by atoms with Crippen molar-refractivity contribution in [1.29, 1.82) is 0 Å². The number of hydrogen-bond donors (Lipinski definition) is 2. The molecule has 0 spiro atoms. The number of para-hydroxylation sites is 1. The minimum absolute atomic E-state index is 0. The van der Waals surface area contributed by atoms with Gasteiger partial charge in [0.1, 0.15) is 6.54 Å². The van der Waals surface area contributed by atoms with Gasteiger partial charge in [-0.05, 0) is 37.8 Å². The van der Waals surface area contributed by atoms with Crippen LogP contribution in [0.4, 0.5) is 0 Å². The highest BCUT2D eigenvalue weighted by Gasteiger charge is 2.12. The van der Waals surface area contributed by atoms with Crippen LogP contribution in [0, 0.1) is 0 Å². The number of rotatable bonds is 9. The van der Waals surface area contributed by atoms with Crippen LogP contribution in [-0.4, -0.2) is 29.2 Å². The van der Waals surface area contributed by atoms with Crippen molar-refractivity contribution in [1.82, 2.24) is 20.8 Å². The summed E-state index contributed by atoms with van der Waals surface area (Å²) in [6.07, 6.45) is 4.86. The normalized spacial score (nSPS) is 11.5. The van der Waals surface area contributed by atoms with E-state index >= 15 is 0 Å². The molecule has 0 aliphatic heterocycles. The Kier molecular flexibility index (Phi) is 10.1. The Morgan fingerprint density at radius 3 is 2.67 bits per heavy atom. The number of aliphatic imine (C=N–C) groups is 1. The van der Waals surface area contributed by atoms with E-state index in [0.717, 1.165) is 55.3 Å². The molecule has 0 fully saturated rings. The first-order valence-corrected chi connectivity index (χ1v) is 10.5. The second kappa shape index (κ2) is 12.5. The number of halogens is 1. The van der Waals surface area contributed by atoms with E-state index in [9.17, 15) is 0 Å². The number of nitrogens with one attached hydrogen (secondary N) is 2. The fraction of sp³-hybridized carbons (Fsp3) is 0.435. The summed E-state index contributed by atoms with van der Waals surface area (Å²) in [5, 5.41) is 12.1. The van der Waals surface area contributed by atoms with E-state index in [0.29, 0.717) is 12.5 Å². The third-order valence-electron chi connectivity index (χ3n) is 5.12. The van der Waals surface area contributed by atoms with E-state index < -0.39 is 0 Å². The van der Waals surface area contributed by atoms with E-state index in [-0.39, 0.29) is 24.0 Å². The van der Waals surface area contributed by atoms with Crippen LogP contribution in [-0.2, 0) is 13.0 Å². The third kappa shape index (κ3) is 6.42. The average Bonchev–Trinajstić information content (AvgIpc) is 3.22. The Labute approximate surface area is 196 Å². The molecule has 0 amide bonds. The first kappa shape index (κ1) is 24.1. The lowest BCUT2D eigenvalue weighted by atomic mass is 9.99. The van der Waals surface area contributed by atoms with Gasteiger partial charge in [-0.3, -0.25) is 4.98 Å². The molecule has 0 unspecified atom stereocenters. The molecule has 2 aromatic heterocycles. The Morgan fingerprint density at radius 1 is 1.10 bits per heavy atom. The van der Waals surface area contributed by atoms with Crippen LogP contribution in [0.2, 0.25) is 0 Å². The van der Waals surface area contributed by atoms with Gasteiger partial charge in [-0.1, -0.05) is 43.3 Å². The van der Waals surface area contributed by atoms with Gasteiger partial charge in [0.2, 0.25) is 0 Å². The van der Waals surface area contributed by atoms with Gasteiger partial charge in [-0.2, -0.15) is 0 Å². The molecule has 0 atom stereocenters. The highest BCUT2D eigenvalue weighted by Crippen LogP contribution is 2.22. The van der Waals surface area contributed by atoms with Crippen LogP contribution in [0.3, 0.4) is 0 Å². The predicted molar refractivity (Wildman–Crippen MR) is 134 cm³/mol. The van der Waals surface area contributed by atoms with Crippen molar-refractivity contribution in [3.05, 3.63) is 59.6 Å². The summed E-state index contributed by atoms with van der Waals surface area (Å²) in [6, 6.07) is 12.4. The molecule has 3 rings (SSSR count). The van der Waals surface area contributed by atoms with Crippen LogP contribution in [0.5, 0.6) is 0 Å². The summed E-state index contributed by atoms with van der Waals surface area (Å²) >= 11 is 0. The number of fused-ring (bicyclic) bond motifs is 1. The summed E-state index contributed by atoms with van der Waals surface area (Å²) in [5.41, 5.74) is 3.33. The summed E-state index contributed by atoms with van der Waals surface area (Å²) in [6.45, 7) is 8.47. The number of pyridine rings is 1. The van der Waals surface area contributed by atoms with Gasteiger partial charge in [0.15, 0.2) is 11.7 Å². The standard InChI is InChI=1S/C23H31N5O.HI/c1-4-17(5-2)21-15-20(29-28-21)16-27-23(24-6-3)26-14-12-19-10-7-9-18-11-8-13-25-22(18)19;/h7-11,13,15,17H,4-6,12,14,16H2,1-3H3,(H2,24,26,27);1H. The van der Waals surface area contributed by atoms with Gasteiger partial charge in [0.05, 0.1) is 11.2 Å². The highest BCUT2D eigenvalue weighted by molar-refractivity contribution is 14.0. The first-order chi connectivity index (χ1) is 14.2. The number of benzene rings is 1. The molecule has 162 valence electrons. The molecule has 0 radical (unpaired) electrons. The lowest BCUT2D eigenvalue weighted by Gasteiger charge is -2.11. The lowest BCUT2D eigenvalue weighted by Crippen LogP contribution is -2.38. The molecule has 1 aromatic carbocycles. The predicted octanol–water partition coefficient (Wildman–Crippen LogP) is 5.04. The van der Waals surface area contributed by atoms with Crippen LogP contribution in [0.1, 0.15) is 56.5 Å². The molecule has 0 saturated heterocycles. The quantitative estimate of drug-likeness (QED) is 0.235. The molecule has 30 heavy (non-hydrogen) atoms. The molecule has 0 bridgehead atoms. The van der Waals surface area contributed by atoms with Gasteiger partial charge in [-0.25, -0.2) is 4.99 Å². The minimum Gasteiger partial charge on any atom is -0.359 e. The molecule has 2 N–H and O–H groups in total. The largest absolute Gasteiger partial charge is 0.359 e. The zero-order valence-electron chi connectivity index (χ0n) is 18.0. The van der Waals surface area contributed by atoms with Crippen molar-refractivity contribution in [2.24, 2.45) is 4.99 Å². The van der Waals surface area contributed by atoms with Crippen LogP contribution < -0.4 is 10.6 Å². The molecular formula is C23H32IN5O. The summed E-state index contributed by atoms with van der Waals surface area (Å²) in [5.74, 6) is 2.03. The Morgan fingerprint density at radius 2 is 1.90 bits per heavy atom. The maximum Gasteiger partial charge on any atom is 0.191 e. The van der Waals surface area contributed by atoms with E-state index in [1.165, 1.54) is 10.9 Å². The van der Waals surface area contributed by atoms with Crippen molar-refractivity contribution in [3.8, 4) is 0 Å². The van der Waals surface area contributed by atoms with E-state index in [4.69, 9.17) is 4.52 Å². The minimum atomic E-state index is 0. The Hall–Kier alpha value is -2.16. The molecular weight excluding hydrogens is 489 g/mol. The fourth-order valence-corrected chi connectivity index (χ4v) is 3.49. The summed E-state index contributed by atoms with van der Waals surface area (Å²) in [4.78, 5) is 9.18. The molecule has 2 heterocycles. The molecule has 7 heteroatoms. The van der Waals surface area contributed by atoms with E-state index in [1.807, 2.05) is 18.3 Å². The SMILES string of the molecule is CCNC(=NCc1cc(C(CC)CC)no1)NCCc1cccc2cccnc12.I. The van der Waals surface area contributed by atoms with Crippen molar-refractivity contribution < 1.29 is 4.52 Å². The van der Waals surface area contributed by atoms with Gasteiger partial charge in [0, 0.05) is 36.7 Å². The second-order valence-corrected chi connectivity index (χ2v) is 7.10. The monoisotopic (exact) mass is 521 g/mol. The van der Waals surface area contributed by atoms with Crippen LogP contribution in [0.25, 0.3) is 10.9 Å². The number of guanidine groups is 1. The Bertz CT molecular complexity index is 931. The number of aromatic nitrogens is 2. The van der Waals surface area contributed by atoms with Crippen LogP contribution >= 0.6 is 24.0 Å². The van der Waals surface area contributed by atoms with E-state index in [1.54, 1.807) is 0 Å². The Balaban J connectivity index is 0.00000320. The molecule has 0 saturated carbocycles. The number of nitrogens with zero attached hydrogens (tertiary/aromatic N) is 3. The van der Waals surface area contributed by atoms with E-state index in [2.05, 4.69) is 70.8 Å². The fourth-order valence-electron chi connectivity index (χ4n) is 3.49. The molecule has 0 aliphatic carbocycles. The zero-order chi connectivity index (χ0) is 20.5. The molecule has 6 nitrogen and oxygen atoms in total. The maximum absolute atomic E-state index is 5.48. The van der Waals surface area contributed by atoms with Gasteiger partial charge in [0.25, 0.3) is 0 Å². The highest BCUT2D eigenvalue weighted by atomic mass is 127. The zero-order valence-corrected chi connectivity index (χ0v) is 20.3. The van der Waals surface area contributed by atoms with Crippen LogP contribution in [0.15, 0.2) is 52.1 Å². The molecule has 0 aliphatic rings. The van der Waals surface area contributed by atoms with Crippen molar-refractivity contribution in [2.45, 2.75) is 52.5 Å². The average molecular weight is 521 g/mol. The first-order valence-electron chi connectivity index (χ1n) is 10.5. The maximum atomic E-state index is 5.48. The van der Waals surface area contributed by atoms with Gasteiger partial charge in [-0.15, -0.1) is 24.0 Å². The lowest BCUT2D eigenvalue weighted by molar-refractivity contribution is 0.372.